The van der Waals surface area contributed by atoms with Crippen LogP contribution in [0.4, 0.5) is 10.1 Å². The molecule has 7 heteroatoms. The van der Waals surface area contributed by atoms with Crippen LogP contribution in [-0.4, -0.2) is 32.6 Å². The monoisotopic (exact) mass is 469 g/mol. The largest absolute Gasteiger partial charge is 0.369 e. The maximum atomic E-state index is 14.6. The molecule has 1 aromatic carbocycles. The molecule has 1 aliphatic heterocycles. The Hall–Kier alpha value is -3.61. The fraction of sp³-hybridized carbons (Fsp3) is 0.357. The van der Waals surface area contributed by atoms with E-state index >= 15 is 0 Å². The number of hydrogen-bond donors (Lipinski definition) is 0. The van der Waals surface area contributed by atoms with E-state index in [9.17, 15) is 9.18 Å². The van der Waals surface area contributed by atoms with Gasteiger partial charge < -0.3 is 4.90 Å². The highest BCUT2D eigenvalue weighted by atomic mass is 19.1. The van der Waals surface area contributed by atoms with Crippen LogP contribution in [0.2, 0.25) is 0 Å². The minimum Gasteiger partial charge on any atom is -0.369 e. The highest BCUT2D eigenvalue weighted by Crippen LogP contribution is 2.35. The van der Waals surface area contributed by atoms with Crippen LogP contribution < -0.4 is 10.5 Å². The summed E-state index contributed by atoms with van der Waals surface area (Å²) >= 11 is 0. The van der Waals surface area contributed by atoms with Gasteiger partial charge in [-0.05, 0) is 74.3 Å². The summed E-state index contributed by atoms with van der Waals surface area (Å²) in [6.45, 7) is 3.36. The van der Waals surface area contributed by atoms with Gasteiger partial charge >= 0.3 is 0 Å². The Labute approximate surface area is 203 Å². The standard InChI is InChI=1S/C28H28FN5O/c1-18-5-2-7-22(29)26(18)33-15-10-19(11-16-33)21-17-24-27(32-14-13-31-24)34(28(21)35)25-9-3-8-23-20(25)6-4-12-30-23/h2,4-7,12-14,17,19,25H,3,8-11,15-16H2,1H3/t25-/m1/s1. The van der Waals surface area contributed by atoms with Gasteiger partial charge in [0, 0.05) is 42.9 Å². The van der Waals surface area contributed by atoms with E-state index in [4.69, 9.17) is 0 Å². The van der Waals surface area contributed by atoms with Crippen molar-refractivity contribution in [1.29, 1.82) is 0 Å². The smallest absolute Gasteiger partial charge is 0.256 e. The molecular weight excluding hydrogens is 441 g/mol. The van der Waals surface area contributed by atoms with Gasteiger partial charge in [-0.25, -0.2) is 9.37 Å². The molecule has 1 saturated heterocycles. The fourth-order valence-electron chi connectivity index (χ4n) is 5.94. The number of rotatable bonds is 3. The summed E-state index contributed by atoms with van der Waals surface area (Å²) in [7, 11) is 0. The molecule has 2 aliphatic rings. The van der Waals surface area contributed by atoms with E-state index in [1.807, 2.05) is 35.9 Å². The first-order valence-corrected chi connectivity index (χ1v) is 12.4. The van der Waals surface area contributed by atoms with E-state index in [1.165, 1.54) is 6.07 Å². The van der Waals surface area contributed by atoms with E-state index in [1.54, 1.807) is 18.5 Å². The predicted molar refractivity (Wildman–Crippen MR) is 134 cm³/mol. The van der Waals surface area contributed by atoms with Gasteiger partial charge in [-0.3, -0.25) is 19.3 Å². The fourth-order valence-corrected chi connectivity index (χ4v) is 5.94. The Morgan fingerprint density at radius 1 is 0.943 bits per heavy atom. The molecule has 0 spiro atoms. The van der Waals surface area contributed by atoms with Crippen LogP contribution in [0.1, 0.15) is 60.0 Å². The number of anilines is 1. The lowest BCUT2D eigenvalue weighted by Crippen LogP contribution is -2.37. The number of halogens is 1. The highest BCUT2D eigenvalue weighted by Gasteiger charge is 2.30. The topological polar surface area (TPSA) is 63.9 Å². The molecule has 6 nitrogen and oxygen atoms in total. The Bertz CT molecular complexity index is 1440. The van der Waals surface area contributed by atoms with Crippen LogP contribution in [0.3, 0.4) is 0 Å². The number of piperidine rings is 1. The summed E-state index contributed by atoms with van der Waals surface area (Å²) in [5.74, 6) is -0.0863. The zero-order valence-electron chi connectivity index (χ0n) is 19.8. The summed E-state index contributed by atoms with van der Waals surface area (Å²) in [5, 5.41) is 0. The molecule has 0 saturated carbocycles. The average Bonchev–Trinajstić information content (AvgIpc) is 2.89. The lowest BCUT2D eigenvalue weighted by Gasteiger charge is -2.35. The van der Waals surface area contributed by atoms with Crippen LogP contribution in [0.15, 0.2) is 59.8 Å². The maximum Gasteiger partial charge on any atom is 0.256 e. The van der Waals surface area contributed by atoms with Gasteiger partial charge in [-0.1, -0.05) is 18.2 Å². The van der Waals surface area contributed by atoms with E-state index in [0.717, 1.165) is 60.0 Å². The van der Waals surface area contributed by atoms with E-state index in [-0.39, 0.29) is 23.3 Å². The van der Waals surface area contributed by atoms with Crippen molar-refractivity contribution in [3.63, 3.8) is 0 Å². The van der Waals surface area contributed by atoms with Crippen molar-refractivity contribution in [3.8, 4) is 0 Å². The number of para-hydroxylation sites is 1. The first-order chi connectivity index (χ1) is 17.1. The zero-order chi connectivity index (χ0) is 23.9. The molecule has 4 aromatic rings. The summed E-state index contributed by atoms with van der Waals surface area (Å²) in [5.41, 5.74) is 5.96. The van der Waals surface area contributed by atoms with Gasteiger partial charge in [0.05, 0.1) is 11.7 Å². The Morgan fingerprint density at radius 3 is 2.60 bits per heavy atom. The molecule has 0 bridgehead atoms. The molecule has 6 rings (SSSR count). The first kappa shape index (κ1) is 21.9. The SMILES string of the molecule is Cc1cccc(F)c1N1CCC(c2cc3nccnc3n([C@@H]3CCCc4ncccc43)c2=O)CC1. The molecule has 35 heavy (non-hydrogen) atoms. The van der Waals surface area contributed by atoms with Gasteiger partial charge in [-0.15, -0.1) is 0 Å². The summed E-state index contributed by atoms with van der Waals surface area (Å²) in [6.07, 6.45) is 9.52. The van der Waals surface area contributed by atoms with Gasteiger partial charge in [0.1, 0.15) is 11.3 Å². The van der Waals surface area contributed by atoms with Crippen LogP contribution in [0, 0.1) is 12.7 Å². The molecule has 4 heterocycles. The number of benzene rings is 1. The molecular formula is C28H28FN5O. The van der Waals surface area contributed by atoms with Gasteiger partial charge in [-0.2, -0.15) is 0 Å². The second-order valence-electron chi connectivity index (χ2n) is 9.65. The number of nitrogens with zero attached hydrogens (tertiary/aromatic N) is 5. The number of pyridine rings is 2. The molecule has 0 amide bonds. The molecule has 1 aliphatic carbocycles. The highest BCUT2D eigenvalue weighted by molar-refractivity contribution is 5.71. The molecule has 1 fully saturated rings. The van der Waals surface area contributed by atoms with Crippen LogP contribution in [0.5, 0.6) is 0 Å². The summed E-state index contributed by atoms with van der Waals surface area (Å²) < 4.78 is 16.4. The first-order valence-electron chi connectivity index (χ1n) is 12.4. The maximum absolute atomic E-state index is 14.6. The Kier molecular flexibility index (Phi) is 5.55. The average molecular weight is 470 g/mol. The van der Waals surface area contributed by atoms with Crippen LogP contribution in [0.25, 0.3) is 11.2 Å². The molecule has 3 aromatic heterocycles. The minimum absolute atomic E-state index is 0.0141. The summed E-state index contributed by atoms with van der Waals surface area (Å²) in [4.78, 5) is 29.9. The van der Waals surface area contributed by atoms with Crippen molar-refractivity contribution in [2.24, 2.45) is 0 Å². The Balaban J connectivity index is 1.39. The predicted octanol–water partition coefficient (Wildman–Crippen LogP) is 4.94. The van der Waals surface area contributed by atoms with E-state index in [0.29, 0.717) is 24.4 Å². The van der Waals surface area contributed by atoms with Crippen molar-refractivity contribution in [2.45, 2.75) is 51.0 Å². The molecule has 178 valence electrons. The number of hydrogen-bond acceptors (Lipinski definition) is 5. The normalized spacial score (nSPS) is 18.6. The van der Waals surface area contributed by atoms with Gasteiger partial charge in [0.2, 0.25) is 0 Å². The third kappa shape index (κ3) is 3.79. The van der Waals surface area contributed by atoms with Crippen molar-refractivity contribution < 1.29 is 4.39 Å². The quantitative estimate of drug-likeness (QED) is 0.425. The minimum atomic E-state index is -0.184. The molecule has 1 atom stereocenters. The Morgan fingerprint density at radius 2 is 1.77 bits per heavy atom. The van der Waals surface area contributed by atoms with E-state index < -0.39 is 0 Å². The lowest BCUT2D eigenvalue weighted by molar-refractivity contribution is 0.463. The zero-order valence-corrected chi connectivity index (χ0v) is 19.8. The second-order valence-corrected chi connectivity index (χ2v) is 9.65. The summed E-state index contributed by atoms with van der Waals surface area (Å²) in [6, 6.07) is 11.1. The third-order valence-electron chi connectivity index (χ3n) is 7.62. The molecule has 0 radical (unpaired) electrons. The van der Waals surface area contributed by atoms with E-state index in [2.05, 4.69) is 25.9 Å². The van der Waals surface area contributed by atoms with Crippen molar-refractivity contribution in [1.82, 2.24) is 19.5 Å². The van der Waals surface area contributed by atoms with Gasteiger partial charge in [0.25, 0.3) is 5.56 Å². The third-order valence-corrected chi connectivity index (χ3v) is 7.62. The number of aromatic nitrogens is 4. The molecule has 0 unspecified atom stereocenters. The van der Waals surface area contributed by atoms with Crippen molar-refractivity contribution in [3.05, 3.63) is 93.5 Å². The molecule has 0 N–H and O–H groups in total. The van der Waals surface area contributed by atoms with Crippen LogP contribution in [-0.2, 0) is 6.42 Å². The number of aryl methyl sites for hydroxylation is 2. The van der Waals surface area contributed by atoms with Crippen LogP contribution >= 0.6 is 0 Å². The lowest BCUT2D eigenvalue weighted by atomic mass is 9.88. The van der Waals surface area contributed by atoms with Gasteiger partial charge in [0.15, 0.2) is 5.65 Å². The number of fused-ring (bicyclic) bond motifs is 2. The second kappa shape index (κ2) is 8.87. The van der Waals surface area contributed by atoms with Crippen molar-refractivity contribution >= 4 is 16.9 Å². The van der Waals surface area contributed by atoms with Crippen molar-refractivity contribution in [2.75, 3.05) is 18.0 Å².